The number of thiophene rings is 1. The van der Waals surface area contributed by atoms with Crippen LogP contribution in [0.15, 0.2) is 29.6 Å². The lowest BCUT2D eigenvalue weighted by atomic mass is 10.0. The maximum Gasteiger partial charge on any atom is 0.165 e. The van der Waals surface area contributed by atoms with Crippen LogP contribution in [0.2, 0.25) is 0 Å². The van der Waals surface area contributed by atoms with Gasteiger partial charge in [0, 0.05) is 4.88 Å². The quantitative estimate of drug-likeness (QED) is 0.913. The van der Waals surface area contributed by atoms with Gasteiger partial charge < -0.3 is 10.1 Å². The van der Waals surface area contributed by atoms with Crippen molar-refractivity contribution < 1.29 is 9.13 Å². The van der Waals surface area contributed by atoms with E-state index >= 15 is 0 Å². The molecule has 1 aromatic heterocycles. The first-order chi connectivity index (χ1) is 8.67. The first-order valence-corrected chi connectivity index (χ1v) is 6.60. The van der Waals surface area contributed by atoms with Crippen LogP contribution in [-0.2, 0) is 0 Å². The molecule has 0 saturated carbocycles. The normalized spacial score (nSPS) is 12.4. The average molecular weight is 265 g/mol. The number of rotatable bonds is 4. The van der Waals surface area contributed by atoms with E-state index in [2.05, 4.69) is 23.7 Å². The van der Waals surface area contributed by atoms with Gasteiger partial charge >= 0.3 is 0 Å². The van der Waals surface area contributed by atoms with E-state index in [9.17, 15) is 4.39 Å². The van der Waals surface area contributed by atoms with E-state index in [4.69, 9.17) is 4.74 Å². The van der Waals surface area contributed by atoms with Crippen LogP contribution in [0.4, 0.5) is 4.39 Å². The summed E-state index contributed by atoms with van der Waals surface area (Å²) in [5.41, 5.74) is 2.12. The highest BCUT2D eigenvalue weighted by Crippen LogP contribution is 2.31. The Morgan fingerprint density at radius 1 is 1.33 bits per heavy atom. The molecular weight excluding hydrogens is 249 g/mol. The van der Waals surface area contributed by atoms with Crippen LogP contribution in [0.5, 0.6) is 5.75 Å². The summed E-state index contributed by atoms with van der Waals surface area (Å²) in [6.07, 6.45) is 0. The number of benzene rings is 1. The van der Waals surface area contributed by atoms with Crippen LogP contribution in [0, 0.1) is 12.7 Å². The summed E-state index contributed by atoms with van der Waals surface area (Å²) in [6.45, 7) is 2.07. The Hall–Kier alpha value is -1.39. The van der Waals surface area contributed by atoms with Crippen LogP contribution >= 0.6 is 11.3 Å². The molecule has 0 spiro atoms. The fourth-order valence-electron chi connectivity index (χ4n) is 1.99. The molecule has 1 atom stereocenters. The summed E-state index contributed by atoms with van der Waals surface area (Å²) in [6, 6.07) is 7.18. The minimum Gasteiger partial charge on any atom is -0.494 e. The maximum absolute atomic E-state index is 13.7. The number of hydrogen-bond acceptors (Lipinski definition) is 3. The second kappa shape index (κ2) is 5.50. The SMILES string of the molecule is CNC(c1ccc(OC)c(F)c1)c1sccc1C. The van der Waals surface area contributed by atoms with Crippen LogP contribution in [-0.4, -0.2) is 14.2 Å². The lowest BCUT2D eigenvalue weighted by Crippen LogP contribution is -2.17. The Bertz CT molecular complexity index is 538. The Labute approximate surface area is 110 Å². The molecule has 1 heterocycles. The molecule has 4 heteroatoms. The molecule has 1 aromatic carbocycles. The lowest BCUT2D eigenvalue weighted by Gasteiger charge is -2.17. The van der Waals surface area contributed by atoms with Gasteiger partial charge in [-0.1, -0.05) is 6.07 Å². The number of nitrogens with one attached hydrogen (secondary N) is 1. The number of methoxy groups -OCH3 is 1. The highest BCUT2D eigenvalue weighted by Gasteiger charge is 2.17. The molecule has 2 rings (SSSR count). The molecule has 96 valence electrons. The standard InChI is InChI=1S/C14H16FNOS/c1-9-6-7-18-14(9)13(16-2)10-4-5-12(17-3)11(15)8-10/h4-8,13,16H,1-3H3. The fourth-order valence-corrected chi connectivity index (χ4v) is 3.05. The van der Waals surface area contributed by atoms with Gasteiger partial charge in [-0.05, 0) is 48.7 Å². The third kappa shape index (κ3) is 2.40. The molecule has 0 amide bonds. The van der Waals surface area contributed by atoms with Gasteiger partial charge in [0.05, 0.1) is 13.2 Å². The fraction of sp³-hybridized carbons (Fsp3) is 0.286. The highest BCUT2D eigenvalue weighted by molar-refractivity contribution is 7.10. The van der Waals surface area contributed by atoms with Crippen LogP contribution in [0.3, 0.4) is 0 Å². The minimum atomic E-state index is -0.329. The monoisotopic (exact) mass is 265 g/mol. The van der Waals surface area contributed by atoms with Crippen molar-refractivity contribution in [3.8, 4) is 5.75 Å². The van der Waals surface area contributed by atoms with Crippen molar-refractivity contribution in [1.29, 1.82) is 0 Å². The Balaban J connectivity index is 2.40. The minimum absolute atomic E-state index is 0.0189. The summed E-state index contributed by atoms with van der Waals surface area (Å²) in [5, 5.41) is 5.28. The zero-order valence-electron chi connectivity index (χ0n) is 10.7. The van der Waals surface area contributed by atoms with E-state index in [1.165, 1.54) is 23.6 Å². The second-order valence-electron chi connectivity index (χ2n) is 4.08. The molecule has 2 nitrogen and oxygen atoms in total. The summed E-state index contributed by atoms with van der Waals surface area (Å²) in [7, 11) is 3.35. The first-order valence-electron chi connectivity index (χ1n) is 5.72. The van der Waals surface area contributed by atoms with Gasteiger partial charge in [0.1, 0.15) is 0 Å². The lowest BCUT2D eigenvalue weighted by molar-refractivity contribution is 0.386. The molecule has 0 bridgehead atoms. The predicted molar refractivity (Wildman–Crippen MR) is 72.9 cm³/mol. The van der Waals surface area contributed by atoms with Gasteiger partial charge in [-0.15, -0.1) is 11.3 Å². The number of ether oxygens (including phenoxy) is 1. The molecule has 0 radical (unpaired) electrons. The average Bonchev–Trinajstić information content (AvgIpc) is 2.77. The van der Waals surface area contributed by atoms with Crippen LogP contribution in [0.1, 0.15) is 22.0 Å². The molecular formula is C14H16FNOS. The van der Waals surface area contributed by atoms with Gasteiger partial charge in [0.25, 0.3) is 0 Å². The van der Waals surface area contributed by atoms with E-state index < -0.39 is 0 Å². The zero-order valence-corrected chi connectivity index (χ0v) is 11.5. The predicted octanol–water partition coefficient (Wildman–Crippen LogP) is 3.51. The highest BCUT2D eigenvalue weighted by atomic mass is 32.1. The summed E-state index contributed by atoms with van der Waals surface area (Å²) < 4.78 is 18.7. The van der Waals surface area contributed by atoms with Crippen LogP contribution < -0.4 is 10.1 Å². The zero-order chi connectivity index (χ0) is 13.1. The molecule has 0 fully saturated rings. The molecule has 0 aliphatic heterocycles. The largest absolute Gasteiger partial charge is 0.494 e. The molecule has 0 aliphatic rings. The molecule has 18 heavy (non-hydrogen) atoms. The molecule has 0 saturated heterocycles. The van der Waals surface area contributed by atoms with E-state index in [-0.39, 0.29) is 17.6 Å². The Morgan fingerprint density at radius 2 is 2.11 bits per heavy atom. The van der Waals surface area contributed by atoms with Crippen molar-refractivity contribution in [3.05, 3.63) is 51.5 Å². The smallest absolute Gasteiger partial charge is 0.165 e. The van der Waals surface area contributed by atoms with Gasteiger partial charge in [-0.3, -0.25) is 0 Å². The first kappa shape index (κ1) is 13.1. The summed E-state index contributed by atoms with van der Waals surface area (Å²) >= 11 is 1.68. The maximum atomic E-state index is 13.7. The van der Waals surface area contributed by atoms with E-state index in [1.807, 2.05) is 13.1 Å². The van der Waals surface area contributed by atoms with Crippen molar-refractivity contribution in [2.45, 2.75) is 13.0 Å². The molecule has 1 N–H and O–H groups in total. The van der Waals surface area contributed by atoms with Gasteiger partial charge in [-0.2, -0.15) is 0 Å². The van der Waals surface area contributed by atoms with E-state index in [0.717, 1.165) is 5.56 Å². The van der Waals surface area contributed by atoms with Gasteiger partial charge in [0.2, 0.25) is 0 Å². The van der Waals surface area contributed by atoms with Crippen molar-refractivity contribution in [2.24, 2.45) is 0 Å². The third-order valence-electron chi connectivity index (χ3n) is 2.96. The van der Waals surface area contributed by atoms with Gasteiger partial charge in [0.15, 0.2) is 11.6 Å². The van der Waals surface area contributed by atoms with Gasteiger partial charge in [-0.25, -0.2) is 4.39 Å². The second-order valence-corrected chi connectivity index (χ2v) is 5.03. The number of halogens is 1. The topological polar surface area (TPSA) is 21.3 Å². The van der Waals surface area contributed by atoms with Crippen molar-refractivity contribution in [1.82, 2.24) is 5.32 Å². The van der Waals surface area contributed by atoms with Crippen molar-refractivity contribution >= 4 is 11.3 Å². The number of aryl methyl sites for hydroxylation is 1. The number of hydrogen-bond donors (Lipinski definition) is 1. The Morgan fingerprint density at radius 3 is 2.61 bits per heavy atom. The van der Waals surface area contributed by atoms with Crippen LogP contribution in [0.25, 0.3) is 0 Å². The van der Waals surface area contributed by atoms with E-state index in [0.29, 0.717) is 0 Å². The molecule has 0 aliphatic carbocycles. The third-order valence-corrected chi connectivity index (χ3v) is 4.05. The van der Waals surface area contributed by atoms with Crippen molar-refractivity contribution in [3.63, 3.8) is 0 Å². The Kier molecular flexibility index (Phi) is 3.99. The summed E-state index contributed by atoms with van der Waals surface area (Å²) in [5.74, 6) is -0.0547. The summed E-state index contributed by atoms with van der Waals surface area (Å²) in [4.78, 5) is 1.21. The van der Waals surface area contributed by atoms with Crippen molar-refractivity contribution in [2.75, 3.05) is 14.2 Å². The molecule has 1 unspecified atom stereocenters. The molecule has 2 aromatic rings. The van der Waals surface area contributed by atoms with E-state index in [1.54, 1.807) is 17.4 Å².